The molecule has 0 aromatic rings. The molecule has 2 rings (SSSR count). The quantitative estimate of drug-likeness (QED) is 0.646. The first kappa shape index (κ1) is 11.7. The van der Waals surface area contributed by atoms with Crippen LogP contribution in [-0.2, 0) is 4.74 Å². The molecule has 0 radical (unpaired) electrons. The van der Waals surface area contributed by atoms with Crippen LogP contribution in [0.3, 0.4) is 0 Å². The zero-order chi connectivity index (χ0) is 11.2. The van der Waals surface area contributed by atoms with E-state index in [0.29, 0.717) is 6.04 Å². The minimum absolute atomic E-state index is 0.0844. The van der Waals surface area contributed by atoms with Crippen LogP contribution in [-0.4, -0.2) is 38.0 Å². The average molecular weight is 227 g/mol. The molecule has 2 aliphatic rings. The molecule has 1 atom stereocenters. The molecule has 5 heteroatoms. The fourth-order valence-corrected chi connectivity index (χ4v) is 2.19. The van der Waals surface area contributed by atoms with Gasteiger partial charge in [-0.2, -0.15) is 0 Å². The van der Waals surface area contributed by atoms with Crippen molar-refractivity contribution in [3.63, 3.8) is 0 Å². The first-order valence-electron chi connectivity index (χ1n) is 6.24. The van der Waals surface area contributed by atoms with Crippen LogP contribution in [0.15, 0.2) is 0 Å². The molecule has 0 saturated carbocycles. The molecule has 3 N–H and O–H groups in total. The molecule has 0 spiro atoms. The molecule has 2 aliphatic heterocycles. The Kier molecular flexibility index (Phi) is 4.42. The number of amides is 2. The molecule has 2 saturated heterocycles. The molecule has 0 aromatic heterocycles. The summed E-state index contributed by atoms with van der Waals surface area (Å²) in [5.74, 6) is 0. The molecule has 1 unspecified atom stereocenters. The van der Waals surface area contributed by atoms with Crippen molar-refractivity contribution in [1.82, 2.24) is 16.0 Å². The first-order valence-corrected chi connectivity index (χ1v) is 6.24. The average Bonchev–Trinajstić information content (AvgIpc) is 2.31. The number of carbonyl (C=O) groups excluding carboxylic acids is 1. The van der Waals surface area contributed by atoms with Crippen LogP contribution in [0.2, 0.25) is 0 Å². The van der Waals surface area contributed by atoms with Crippen LogP contribution in [0.5, 0.6) is 0 Å². The molecule has 0 aromatic carbocycles. The van der Waals surface area contributed by atoms with E-state index in [2.05, 4.69) is 16.0 Å². The van der Waals surface area contributed by atoms with Crippen molar-refractivity contribution in [1.29, 1.82) is 0 Å². The second-order valence-corrected chi connectivity index (χ2v) is 4.50. The highest BCUT2D eigenvalue weighted by atomic mass is 16.5. The lowest BCUT2D eigenvalue weighted by molar-refractivity contribution is 0.00208. The van der Waals surface area contributed by atoms with E-state index in [0.717, 1.165) is 51.8 Å². The second kappa shape index (κ2) is 6.06. The Morgan fingerprint density at radius 1 is 1.12 bits per heavy atom. The topological polar surface area (TPSA) is 62.4 Å². The highest BCUT2D eigenvalue weighted by molar-refractivity contribution is 5.74. The van der Waals surface area contributed by atoms with E-state index in [1.807, 2.05) is 0 Å². The molecule has 5 nitrogen and oxygen atoms in total. The molecular formula is C11H21N3O2. The van der Waals surface area contributed by atoms with Gasteiger partial charge in [-0.1, -0.05) is 0 Å². The summed E-state index contributed by atoms with van der Waals surface area (Å²) in [4.78, 5) is 11.7. The molecule has 92 valence electrons. The van der Waals surface area contributed by atoms with E-state index in [1.165, 1.54) is 0 Å². The molecular weight excluding hydrogens is 206 g/mol. The molecule has 2 fully saturated rings. The number of urea groups is 1. The number of nitrogens with one attached hydrogen (secondary N) is 3. The second-order valence-electron chi connectivity index (χ2n) is 4.50. The van der Waals surface area contributed by atoms with Crippen molar-refractivity contribution in [2.24, 2.45) is 0 Å². The Balaban J connectivity index is 1.66. The summed E-state index contributed by atoms with van der Waals surface area (Å²) in [7, 11) is 0. The monoisotopic (exact) mass is 227 g/mol. The van der Waals surface area contributed by atoms with Gasteiger partial charge in [-0.25, -0.2) is 4.79 Å². The van der Waals surface area contributed by atoms with Crippen LogP contribution >= 0.6 is 0 Å². The third kappa shape index (κ3) is 3.64. The smallest absolute Gasteiger partial charge is 0.317 e. The molecule has 2 heterocycles. The van der Waals surface area contributed by atoms with E-state index in [9.17, 15) is 4.79 Å². The number of carbonyl (C=O) groups is 1. The van der Waals surface area contributed by atoms with Crippen molar-refractivity contribution in [2.45, 2.75) is 44.4 Å². The minimum Gasteiger partial charge on any atom is -0.358 e. The third-order valence-corrected chi connectivity index (χ3v) is 3.15. The van der Waals surface area contributed by atoms with Crippen molar-refractivity contribution in [3.05, 3.63) is 0 Å². The van der Waals surface area contributed by atoms with Gasteiger partial charge in [0.15, 0.2) is 0 Å². The predicted molar refractivity (Wildman–Crippen MR) is 61.2 cm³/mol. The maximum absolute atomic E-state index is 11.7. The van der Waals surface area contributed by atoms with Crippen LogP contribution in [0.25, 0.3) is 0 Å². The maximum atomic E-state index is 11.7. The number of hydrogen-bond acceptors (Lipinski definition) is 3. The zero-order valence-electron chi connectivity index (χ0n) is 9.63. The lowest BCUT2D eigenvalue weighted by atomic mass is 10.1. The van der Waals surface area contributed by atoms with E-state index in [1.54, 1.807) is 0 Å². The highest BCUT2D eigenvalue weighted by Crippen LogP contribution is 2.10. The summed E-state index contributed by atoms with van der Waals surface area (Å²) < 4.78 is 5.45. The Morgan fingerprint density at radius 2 is 1.94 bits per heavy atom. The van der Waals surface area contributed by atoms with Gasteiger partial charge in [0.2, 0.25) is 0 Å². The summed E-state index contributed by atoms with van der Waals surface area (Å²) in [5.41, 5.74) is 0. The van der Waals surface area contributed by atoms with Crippen LogP contribution in [0.1, 0.15) is 32.1 Å². The number of piperidine rings is 1. The van der Waals surface area contributed by atoms with Crippen molar-refractivity contribution >= 4 is 6.03 Å². The van der Waals surface area contributed by atoms with E-state index < -0.39 is 0 Å². The van der Waals surface area contributed by atoms with Gasteiger partial charge >= 0.3 is 6.03 Å². The van der Waals surface area contributed by atoms with Crippen molar-refractivity contribution in [3.8, 4) is 0 Å². The summed E-state index contributed by atoms with van der Waals surface area (Å²) >= 11 is 0. The van der Waals surface area contributed by atoms with Gasteiger partial charge in [-0.3, -0.25) is 0 Å². The number of hydrogen-bond donors (Lipinski definition) is 3. The fourth-order valence-electron chi connectivity index (χ4n) is 2.19. The van der Waals surface area contributed by atoms with Gasteiger partial charge in [0.05, 0.1) is 0 Å². The Bertz CT molecular complexity index is 201. The Labute approximate surface area is 96.3 Å². The predicted octanol–water partition coefficient (Wildman–Crippen LogP) is 0.564. The standard InChI is InChI=1S/C11H21N3O2/c15-11(13-9-4-6-12-7-5-9)14-10-3-1-2-8-16-10/h9-10,12H,1-8H2,(H2,13,14,15). The maximum Gasteiger partial charge on any atom is 0.317 e. The SMILES string of the molecule is O=C(NC1CCNCC1)NC1CCCCO1. The van der Waals surface area contributed by atoms with Crippen LogP contribution in [0, 0.1) is 0 Å². The minimum atomic E-state index is -0.0875. The largest absolute Gasteiger partial charge is 0.358 e. The Morgan fingerprint density at radius 3 is 2.62 bits per heavy atom. The van der Waals surface area contributed by atoms with E-state index in [-0.39, 0.29) is 12.3 Å². The van der Waals surface area contributed by atoms with Crippen molar-refractivity contribution in [2.75, 3.05) is 19.7 Å². The number of rotatable bonds is 2. The van der Waals surface area contributed by atoms with E-state index in [4.69, 9.17) is 4.74 Å². The van der Waals surface area contributed by atoms with Gasteiger partial charge in [0, 0.05) is 12.6 Å². The zero-order valence-corrected chi connectivity index (χ0v) is 9.63. The van der Waals surface area contributed by atoms with Gasteiger partial charge in [-0.05, 0) is 45.2 Å². The normalized spacial score (nSPS) is 27.4. The summed E-state index contributed by atoms with van der Waals surface area (Å²) in [6.07, 6.45) is 5.11. The van der Waals surface area contributed by atoms with Crippen molar-refractivity contribution < 1.29 is 9.53 Å². The molecule has 0 bridgehead atoms. The van der Waals surface area contributed by atoms with E-state index >= 15 is 0 Å². The highest BCUT2D eigenvalue weighted by Gasteiger charge is 2.19. The fraction of sp³-hybridized carbons (Fsp3) is 0.909. The summed E-state index contributed by atoms with van der Waals surface area (Å²) in [6, 6.07) is 0.226. The Hall–Kier alpha value is -0.810. The third-order valence-electron chi connectivity index (χ3n) is 3.15. The number of ether oxygens (including phenoxy) is 1. The summed E-state index contributed by atoms with van der Waals surface area (Å²) in [5, 5.41) is 9.14. The molecule has 16 heavy (non-hydrogen) atoms. The van der Waals surface area contributed by atoms with Gasteiger partial charge in [-0.15, -0.1) is 0 Å². The molecule has 2 amide bonds. The lowest BCUT2D eigenvalue weighted by Gasteiger charge is -2.27. The van der Waals surface area contributed by atoms with Gasteiger partial charge < -0.3 is 20.7 Å². The van der Waals surface area contributed by atoms with Gasteiger partial charge in [0.25, 0.3) is 0 Å². The first-order chi connectivity index (χ1) is 7.84. The summed E-state index contributed by atoms with van der Waals surface area (Å²) in [6.45, 7) is 2.74. The van der Waals surface area contributed by atoms with Gasteiger partial charge in [0.1, 0.15) is 6.23 Å². The van der Waals surface area contributed by atoms with Crippen LogP contribution in [0.4, 0.5) is 4.79 Å². The van der Waals surface area contributed by atoms with Crippen LogP contribution < -0.4 is 16.0 Å². The molecule has 0 aliphatic carbocycles. The lowest BCUT2D eigenvalue weighted by Crippen LogP contribution is -2.50.